The van der Waals surface area contributed by atoms with Gasteiger partial charge >= 0.3 is 0 Å². The number of nitrogens with one attached hydrogen (secondary N) is 1. The maximum absolute atomic E-state index is 7.40. The van der Waals surface area contributed by atoms with Crippen molar-refractivity contribution < 1.29 is 9.47 Å². The van der Waals surface area contributed by atoms with Crippen molar-refractivity contribution in [2.24, 2.45) is 5.73 Å². The molecular formula is C14H23N3O2. The molecule has 0 unspecified atom stereocenters. The van der Waals surface area contributed by atoms with Gasteiger partial charge in [-0.05, 0) is 31.3 Å². The Kier molecular flexibility index (Phi) is 6.15. The van der Waals surface area contributed by atoms with E-state index in [-0.39, 0.29) is 5.84 Å². The molecule has 0 atom stereocenters. The summed E-state index contributed by atoms with van der Waals surface area (Å²) >= 11 is 0. The van der Waals surface area contributed by atoms with Crippen molar-refractivity contribution in [2.75, 3.05) is 33.4 Å². The second-order valence-corrected chi connectivity index (χ2v) is 4.15. The maximum atomic E-state index is 7.40. The van der Waals surface area contributed by atoms with Crippen LogP contribution in [-0.2, 0) is 0 Å². The second kappa shape index (κ2) is 7.63. The van der Waals surface area contributed by atoms with E-state index in [2.05, 4.69) is 18.7 Å². The molecule has 5 nitrogen and oxygen atoms in total. The molecule has 0 aliphatic heterocycles. The molecule has 0 fully saturated rings. The molecule has 0 saturated carbocycles. The van der Waals surface area contributed by atoms with Gasteiger partial charge in [0.15, 0.2) is 11.5 Å². The number of rotatable bonds is 8. The fourth-order valence-corrected chi connectivity index (χ4v) is 1.78. The largest absolute Gasteiger partial charge is 0.493 e. The van der Waals surface area contributed by atoms with E-state index in [1.54, 1.807) is 25.3 Å². The van der Waals surface area contributed by atoms with Crippen LogP contribution < -0.4 is 15.2 Å². The highest BCUT2D eigenvalue weighted by Gasteiger charge is 2.08. The molecule has 5 heteroatoms. The Morgan fingerprint density at radius 2 is 1.95 bits per heavy atom. The summed E-state index contributed by atoms with van der Waals surface area (Å²) in [7, 11) is 1.58. The second-order valence-electron chi connectivity index (χ2n) is 4.15. The van der Waals surface area contributed by atoms with Gasteiger partial charge < -0.3 is 20.1 Å². The fourth-order valence-electron chi connectivity index (χ4n) is 1.78. The van der Waals surface area contributed by atoms with E-state index < -0.39 is 0 Å². The molecule has 0 aliphatic rings. The monoisotopic (exact) mass is 265 g/mol. The summed E-state index contributed by atoms with van der Waals surface area (Å²) in [4.78, 5) is 2.29. The molecule has 106 valence electrons. The first-order valence-corrected chi connectivity index (χ1v) is 6.49. The lowest BCUT2D eigenvalue weighted by molar-refractivity contribution is 0.217. The molecule has 3 N–H and O–H groups in total. The lowest BCUT2D eigenvalue weighted by Crippen LogP contribution is -2.28. The summed E-state index contributed by atoms with van der Waals surface area (Å²) in [6.07, 6.45) is 0. The minimum Gasteiger partial charge on any atom is -0.493 e. The molecule has 0 aromatic heterocycles. The Morgan fingerprint density at radius 3 is 2.47 bits per heavy atom. The quantitative estimate of drug-likeness (QED) is 0.554. The van der Waals surface area contributed by atoms with Gasteiger partial charge in [-0.1, -0.05) is 13.8 Å². The Hall–Kier alpha value is -1.75. The Balaban J connectivity index is 2.65. The van der Waals surface area contributed by atoms with Gasteiger partial charge in [0.25, 0.3) is 0 Å². The summed E-state index contributed by atoms with van der Waals surface area (Å²) in [5.41, 5.74) is 6.08. The van der Waals surface area contributed by atoms with Crippen molar-refractivity contribution in [3.05, 3.63) is 23.8 Å². The molecule has 1 aromatic rings. The Morgan fingerprint density at radius 1 is 1.26 bits per heavy atom. The van der Waals surface area contributed by atoms with Crippen LogP contribution in [0.3, 0.4) is 0 Å². The molecule has 19 heavy (non-hydrogen) atoms. The van der Waals surface area contributed by atoms with Crippen LogP contribution in [-0.4, -0.2) is 44.1 Å². The van der Waals surface area contributed by atoms with Crippen LogP contribution in [0.15, 0.2) is 18.2 Å². The zero-order valence-electron chi connectivity index (χ0n) is 11.9. The van der Waals surface area contributed by atoms with E-state index in [9.17, 15) is 0 Å². The number of hydrogen-bond acceptors (Lipinski definition) is 4. The third-order valence-corrected chi connectivity index (χ3v) is 3.03. The molecule has 0 radical (unpaired) electrons. The number of likely N-dealkylation sites (N-methyl/N-ethyl adjacent to an activating group) is 1. The number of amidine groups is 1. The molecule has 0 bridgehead atoms. The number of methoxy groups -OCH3 is 1. The van der Waals surface area contributed by atoms with Crippen molar-refractivity contribution in [3.63, 3.8) is 0 Å². The maximum Gasteiger partial charge on any atom is 0.161 e. The highest BCUT2D eigenvalue weighted by Crippen LogP contribution is 2.27. The van der Waals surface area contributed by atoms with Crippen LogP contribution in [0.5, 0.6) is 11.5 Å². The average molecular weight is 265 g/mol. The summed E-state index contributed by atoms with van der Waals surface area (Å²) in [5.74, 6) is 1.31. The van der Waals surface area contributed by atoms with Gasteiger partial charge in [-0.3, -0.25) is 5.41 Å². The van der Waals surface area contributed by atoms with Gasteiger partial charge in [0, 0.05) is 12.1 Å². The Bertz CT molecular complexity index is 417. The van der Waals surface area contributed by atoms with Crippen molar-refractivity contribution in [3.8, 4) is 11.5 Å². The minimum atomic E-state index is 0.0213. The van der Waals surface area contributed by atoms with Crippen molar-refractivity contribution in [1.82, 2.24) is 4.90 Å². The van der Waals surface area contributed by atoms with Crippen LogP contribution in [0.25, 0.3) is 0 Å². The zero-order chi connectivity index (χ0) is 14.3. The zero-order valence-corrected chi connectivity index (χ0v) is 11.9. The van der Waals surface area contributed by atoms with Gasteiger partial charge in [-0.15, -0.1) is 0 Å². The van der Waals surface area contributed by atoms with Crippen LogP contribution in [0.4, 0.5) is 0 Å². The third-order valence-electron chi connectivity index (χ3n) is 3.03. The number of hydrogen-bond donors (Lipinski definition) is 2. The van der Waals surface area contributed by atoms with Crippen molar-refractivity contribution in [2.45, 2.75) is 13.8 Å². The van der Waals surface area contributed by atoms with E-state index in [1.165, 1.54) is 0 Å². The molecule has 0 spiro atoms. The van der Waals surface area contributed by atoms with E-state index in [1.807, 2.05) is 0 Å². The van der Waals surface area contributed by atoms with Gasteiger partial charge in [0.1, 0.15) is 12.4 Å². The summed E-state index contributed by atoms with van der Waals surface area (Å²) in [6.45, 7) is 7.78. The summed E-state index contributed by atoms with van der Waals surface area (Å²) in [6, 6.07) is 5.27. The molecule has 0 aliphatic carbocycles. The number of nitrogen functional groups attached to an aromatic ring is 1. The topological polar surface area (TPSA) is 71.6 Å². The van der Waals surface area contributed by atoms with Gasteiger partial charge in [0.2, 0.25) is 0 Å². The molecular weight excluding hydrogens is 242 g/mol. The smallest absolute Gasteiger partial charge is 0.161 e. The van der Waals surface area contributed by atoms with Gasteiger partial charge in [-0.2, -0.15) is 0 Å². The number of ether oxygens (including phenoxy) is 2. The highest BCUT2D eigenvalue weighted by molar-refractivity contribution is 5.95. The van der Waals surface area contributed by atoms with Crippen LogP contribution in [0, 0.1) is 5.41 Å². The lowest BCUT2D eigenvalue weighted by atomic mass is 10.2. The molecule has 1 rings (SSSR count). The molecule has 0 amide bonds. The predicted octanol–water partition coefficient (Wildman–Crippen LogP) is 1.70. The summed E-state index contributed by atoms with van der Waals surface area (Å²) in [5, 5.41) is 7.40. The minimum absolute atomic E-state index is 0.0213. The number of nitrogens with zero attached hydrogens (tertiary/aromatic N) is 1. The molecule has 0 heterocycles. The van der Waals surface area contributed by atoms with Crippen LogP contribution in [0.1, 0.15) is 19.4 Å². The van der Waals surface area contributed by atoms with E-state index in [0.29, 0.717) is 23.7 Å². The number of nitrogens with two attached hydrogens (primary N) is 1. The summed E-state index contributed by atoms with van der Waals surface area (Å²) < 4.78 is 11.0. The molecule has 1 aromatic carbocycles. The Labute approximate surface area is 114 Å². The standard InChI is InChI=1S/C14H23N3O2/c1-4-17(5-2)8-9-19-12-7-6-11(14(15)16)10-13(12)18-3/h6-7,10H,4-5,8-9H2,1-3H3,(H3,15,16). The first-order chi connectivity index (χ1) is 9.12. The van der Waals surface area contributed by atoms with E-state index >= 15 is 0 Å². The van der Waals surface area contributed by atoms with Crippen molar-refractivity contribution in [1.29, 1.82) is 5.41 Å². The highest BCUT2D eigenvalue weighted by atomic mass is 16.5. The van der Waals surface area contributed by atoms with Crippen molar-refractivity contribution >= 4 is 5.84 Å². The molecule has 0 saturated heterocycles. The normalized spacial score (nSPS) is 10.5. The SMILES string of the molecule is CCN(CC)CCOc1ccc(C(=N)N)cc1OC. The van der Waals surface area contributed by atoms with Crippen LogP contribution in [0.2, 0.25) is 0 Å². The lowest BCUT2D eigenvalue weighted by Gasteiger charge is -2.18. The number of benzene rings is 1. The third kappa shape index (κ3) is 4.44. The van der Waals surface area contributed by atoms with Gasteiger partial charge in [-0.25, -0.2) is 0 Å². The van der Waals surface area contributed by atoms with Gasteiger partial charge in [0.05, 0.1) is 7.11 Å². The fraction of sp³-hybridized carbons (Fsp3) is 0.500. The van der Waals surface area contributed by atoms with E-state index in [4.69, 9.17) is 20.6 Å². The van der Waals surface area contributed by atoms with Crippen LogP contribution >= 0.6 is 0 Å². The van der Waals surface area contributed by atoms with E-state index in [0.717, 1.165) is 19.6 Å². The first-order valence-electron chi connectivity index (χ1n) is 6.49. The predicted molar refractivity (Wildman–Crippen MR) is 77.3 cm³/mol. The average Bonchev–Trinajstić information content (AvgIpc) is 2.43. The first kappa shape index (κ1) is 15.3.